The van der Waals surface area contributed by atoms with Gasteiger partial charge in [-0.15, -0.1) is 0 Å². The third-order valence-corrected chi connectivity index (χ3v) is 9.73. The second-order valence-corrected chi connectivity index (χ2v) is 12.2. The van der Waals surface area contributed by atoms with E-state index in [1.54, 1.807) is 29.2 Å². The summed E-state index contributed by atoms with van der Waals surface area (Å²) < 4.78 is 28.4. The standard InChI is InChI=1S/C34H27FNO3P/c35-28-22-20-27(21-23-28)33(37)31-18-10-11-19-32(31)34(38)36(24-26-12-4-1-5-13-26)25-40(39,29-14-6-2-7-15-29)30-16-8-3-9-17-30/h1-23H,24-25H2. The molecular formula is C34H27FNO3P. The molecule has 0 aliphatic rings. The number of amides is 1. The van der Waals surface area contributed by atoms with Crippen LogP contribution in [0.3, 0.4) is 0 Å². The van der Waals surface area contributed by atoms with Gasteiger partial charge in [-0.2, -0.15) is 0 Å². The highest BCUT2D eigenvalue weighted by Crippen LogP contribution is 2.44. The van der Waals surface area contributed by atoms with Crippen LogP contribution in [0.15, 0.2) is 140 Å². The molecule has 40 heavy (non-hydrogen) atoms. The van der Waals surface area contributed by atoms with Gasteiger partial charge in [-0.3, -0.25) is 9.59 Å². The van der Waals surface area contributed by atoms with E-state index >= 15 is 0 Å². The summed E-state index contributed by atoms with van der Waals surface area (Å²) >= 11 is 0. The van der Waals surface area contributed by atoms with Gasteiger partial charge in [0.25, 0.3) is 5.91 Å². The van der Waals surface area contributed by atoms with Crippen molar-refractivity contribution < 1.29 is 18.5 Å². The molecule has 6 heteroatoms. The Morgan fingerprint density at radius 2 is 1.07 bits per heavy atom. The number of hydrogen-bond acceptors (Lipinski definition) is 3. The maximum Gasteiger partial charge on any atom is 0.255 e. The number of rotatable bonds is 9. The average Bonchev–Trinajstić information content (AvgIpc) is 3.02. The summed E-state index contributed by atoms with van der Waals surface area (Å²) in [5.74, 6) is -1.26. The molecule has 0 aliphatic heterocycles. The first-order chi connectivity index (χ1) is 19.5. The second-order valence-electron chi connectivity index (χ2n) is 9.42. The Bertz CT molecular complexity index is 1610. The molecular weight excluding hydrogens is 520 g/mol. The lowest BCUT2D eigenvalue weighted by atomic mass is 9.97. The molecule has 0 bridgehead atoms. The first kappa shape index (κ1) is 27.0. The summed E-state index contributed by atoms with van der Waals surface area (Å²) in [5, 5.41) is 1.28. The molecule has 0 heterocycles. The van der Waals surface area contributed by atoms with Crippen LogP contribution in [0.25, 0.3) is 0 Å². The van der Waals surface area contributed by atoms with Gasteiger partial charge >= 0.3 is 0 Å². The lowest BCUT2D eigenvalue weighted by Gasteiger charge is -2.29. The maximum atomic E-state index is 14.9. The summed E-state index contributed by atoms with van der Waals surface area (Å²) in [6.45, 7) is 0.197. The highest BCUT2D eigenvalue weighted by atomic mass is 31.2. The number of halogens is 1. The molecule has 5 rings (SSSR count). The molecule has 0 spiro atoms. The zero-order chi connectivity index (χ0) is 28.0. The largest absolute Gasteiger partial charge is 0.326 e. The Morgan fingerprint density at radius 3 is 1.62 bits per heavy atom. The molecule has 5 aromatic carbocycles. The van der Waals surface area contributed by atoms with Crippen molar-refractivity contribution in [2.75, 3.05) is 6.29 Å². The Balaban J connectivity index is 1.59. The van der Waals surface area contributed by atoms with Crippen molar-refractivity contribution in [3.8, 4) is 0 Å². The van der Waals surface area contributed by atoms with Gasteiger partial charge in [0.1, 0.15) is 5.82 Å². The van der Waals surface area contributed by atoms with Crippen LogP contribution in [0.2, 0.25) is 0 Å². The molecule has 5 aromatic rings. The summed E-state index contributed by atoms with van der Waals surface area (Å²) in [6, 6.07) is 39.7. The van der Waals surface area contributed by atoms with E-state index in [4.69, 9.17) is 0 Å². The first-order valence-electron chi connectivity index (χ1n) is 12.9. The van der Waals surface area contributed by atoms with Crippen molar-refractivity contribution in [1.29, 1.82) is 0 Å². The topological polar surface area (TPSA) is 54.5 Å². The van der Waals surface area contributed by atoms with Gasteiger partial charge in [0, 0.05) is 28.3 Å². The number of nitrogens with zero attached hydrogens (tertiary/aromatic N) is 1. The normalized spacial score (nSPS) is 11.1. The number of carbonyl (C=O) groups is 2. The predicted octanol–water partition coefficient (Wildman–Crippen LogP) is 6.67. The van der Waals surface area contributed by atoms with Gasteiger partial charge in [0.15, 0.2) is 12.9 Å². The highest BCUT2D eigenvalue weighted by molar-refractivity contribution is 7.78. The molecule has 0 N–H and O–H groups in total. The van der Waals surface area contributed by atoms with Crippen LogP contribution in [0.5, 0.6) is 0 Å². The van der Waals surface area contributed by atoms with Gasteiger partial charge in [0.05, 0.1) is 11.8 Å². The molecule has 4 nitrogen and oxygen atoms in total. The van der Waals surface area contributed by atoms with Crippen LogP contribution in [-0.2, 0) is 11.1 Å². The van der Waals surface area contributed by atoms with Crippen molar-refractivity contribution in [2.24, 2.45) is 0 Å². The van der Waals surface area contributed by atoms with E-state index in [-0.39, 0.29) is 29.5 Å². The molecule has 0 aliphatic carbocycles. The smallest absolute Gasteiger partial charge is 0.255 e. The Kier molecular flexibility index (Phi) is 8.14. The summed E-state index contributed by atoms with van der Waals surface area (Å²) in [7, 11) is -3.32. The Hall–Kier alpha value is -4.60. The molecule has 0 unspecified atom stereocenters. The van der Waals surface area contributed by atoms with E-state index in [0.29, 0.717) is 10.6 Å². The second kappa shape index (κ2) is 12.1. The van der Waals surface area contributed by atoms with E-state index < -0.39 is 24.6 Å². The molecule has 0 saturated heterocycles. The molecule has 0 fully saturated rings. The van der Waals surface area contributed by atoms with Gasteiger partial charge in [-0.25, -0.2) is 4.39 Å². The van der Waals surface area contributed by atoms with E-state index in [2.05, 4.69) is 0 Å². The molecule has 1 amide bonds. The third-order valence-electron chi connectivity index (χ3n) is 6.73. The lowest BCUT2D eigenvalue weighted by molar-refractivity contribution is 0.0768. The van der Waals surface area contributed by atoms with Gasteiger partial charge < -0.3 is 9.46 Å². The van der Waals surface area contributed by atoms with Crippen LogP contribution < -0.4 is 10.6 Å². The summed E-state index contributed by atoms with van der Waals surface area (Å²) in [4.78, 5) is 29.3. The van der Waals surface area contributed by atoms with Crippen molar-refractivity contribution in [1.82, 2.24) is 4.90 Å². The SMILES string of the molecule is O=C(c1ccc(F)cc1)c1ccccc1C(=O)N(Cc1ccccc1)CP(=O)(c1ccccc1)c1ccccc1. The Morgan fingerprint density at radius 1 is 0.600 bits per heavy atom. The van der Waals surface area contributed by atoms with Crippen molar-refractivity contribution >= 4 is 29.4 Å². The number of hydrogen-bond donors (Lipinski definition) is 0. The lowest BCUT2D eigenvalue weighted by Crippen LogP contribution is -2.36. The minimum atomic E-state index is -3.32. The zero-order valence-corrected chi connectivity index (χ0v) is 22.6. The number of benzene rings is 5. The Labute approximate surface area is 233 Å². The van der Waals surface area contributed by atoms with E-state index in [9.17, 15) is 18.5 Å². The summed E-state index contributed by atoms with van der Waals surface area (Å²) in [5.41, 5.74) is 1.54. The fraction of sp³-hybridized carbons (Fsp3) is 0.0588. The molecule has 0 radical (unpaired) electrons. The molecule has 198 valence electrons. The van der Waals surface area contributed by atoms with E-state index in [1.807, 2.05) is 91.0 Å². The highest BCUT2D eigenvalue weighted by Gasteiger charge is 2.33. The van der Waals surface area contributed by atoms with Crippen molar-refractivity contribution in [3.05, 3.63) is 168 Å². The minimum absolute atomic E-state index is 0.0617. The average molecular weight is 548 g/mol. The first-order valence-corrected chi connectivity index (χ1v) is 14.8. The number of ketones is 1. The van der Waals surface area contributed by atoms with Crippen molar-refractivity contribution in [2.45, 2.75) is 6.54 Å². The fourth-order valence-electron chi connectivity index (χ4n) is 4.67. The van der Waals surface area contributed by atoms with Gasteiger partial charge in [0.2, 0.25) is 0 Å². The predicted molar refractivity (Wildman–Crippen MR) is 157 cm³/mol. The maximum absolute atomic E-state index is 14.9. The van der Waals surface area contributed by atoms with Crippen LogP contribution in [0.4, 0.5) is 4.39 Å². The monoisotopic (exact) mass is 547 g/mol. The van der Waals surface area contributed by atoms with Gasteiger partial charge in [-0.05, 0) is 35.9 Å². The molecule has 0 saturated carbocycles. The van der Waals surface area contributed by atoms with Crippen LogP contribution >= 0.6 is 7.14 Å². The van der Waals surface area contributed by atoms with Crippen LogP contribution in [0.1, 0.15) is 31.8 Å². The fourth-order valence-corrected chi connectivity index (χ4v) is 7.32. The third kappa shape index (κ3) is 5.85. The zero-order valence-electron chi connectivity index (χ0n) is 21.7. The van der Waals surface area contributed by atoms with Crippen molar-refractivity contribution in [3.63, 3.8) is 0 Å². The molecule has 0 atom stereocenters. The van der Waals surface area contributed by atoms with Crippen LogP contribution in [0, 0.1) is 5.82 Å². The minimum Gasteiger partial charge on any atom is -0.326 e. The summed E-state index contributed by atoms with van der Waals surface area (Å²) in [6.07, 6.45) is -0.0617. The van der Waals surface area contributed by atoms with Crippen LogP contribution in [-0.4, -0.2) is 22.9 Å². The van der Waals surface area contributed by atoms with E-state index in [0.717, 1.165) is 5.56 Å². The van der Waals surface area contributed by atoms with Gasteiger partial charge in [-0.1, -0.05) is 109 Å². The quantitative estimate of drug-likeness (QED) is 0.153. The van der Waals surface area contributed by atoms with E-state index in [1.165, 1.54) is 24.3 Å². The number of carbonyl (C=O) groups excluding carboxylic acids is 2. The molecule has 0 aromatic heterocycles.